The average molecular weight is 399 g/mol. The zero-order valence-corrected chi connectivity index (χ0v) is 15.5. The lowest BCUT2D eigenvalue weighted by Gasteiger charge is -2.18. The SMILES string of the molecule is NC(CO)P(=O)(O)O.O=C(O)C1CCCCN1.O=C(O)C1CCCCN1. The maximum Gasteiger partial charge on any atom is 0.344 e. The fourth-order valence-electron chi connectivity index (χ4n) is 2.23. The van der Waals surface area contributed by atoms with Crippen molar-refractivity contribution in [3.63, 3.8) is 0 Å². The van der Waals surface area contributed by atoms with Crippen molar-refractivity contribution in [3.8, 4) is 0 Å². The fourth-order valence-corrected chi connectivity index (χ4v) is 2.44. The molecule has 11 nitrogen and oxygen atoms in total. The Morgan fingerprint density at radius 1 is 0.962 bits per heavy atom. The van der Waals surface area contributed by atoms with E-state index in [0.717, 1.165) is 51.6 Å². The summed E-state index contributed by atoms with van der Waals surface area (Å²) in [6.45, 7) is 1.03. The van der Waals surface area contributed by atoms with Gasteiger partial charge in [-0.1, -0.05) is 12.8 Å². The minimum absolute atomic E-state index is 0.279. The predicted molar refractivity (Wildman–Crippen MR) is 93.7 cm³/mol. The zero-order chi connectivity index (χ0) is 20.2. The number of aliphatic carboxylic acids is 2. The van der Waals surface area contributed by atoms with Gasteiger partial charge in [-0.15, -0.1) is 0 Å². The fraction of sp³-hybridized carbons (Fsp3) is 0.857. The van der Waals surface area contributed by atoms with Crippen molar-refractivity contribution in [3.05, 3.63) is 0 Å². The summed E-state index contributed by atoms with van der Waals surface area (Å²) in [5.74, 6) is -2.85. The molecule has 2 aliphatic heterocycles. The quantitative estimate of drug-likeness (QED) is 0.266. The van der Waals surface area contributed by atoms with Gasteiger partial charge in [0.25, 0.3) is 0 Å². The molecule has 0 aromatic carbocycles. The summed E-state index contributed by atoms with van der Waals surface area (Å²) in [4.78, 5) is 36.8. The maximum absolute atomic E-state index is 10.3. The smallest absolute Gasteiger partial charge is 0.344 e. The van der Waals surface area contributed by atoms with Crippen molar-refractivity contribution >= 4 is 19.5 Å². The first-order chi connectivity index (χ1) is 12.1. The minimum Gasteiger partial charge on any atom is -0.480 e. The Hall–Kier alpha value is -1.07. The van der Waals surface area contributed by atoms with Crippen LogP contribution in [-0.4, -0.2) is 74.6 Å². The van der Waals surface area contributed by atoms with Crippen LogP contribution in [0.15, 0.2) is 0 Å². The molecule has 0 bridgehead atoms. The molecule has 0 aromatic rings. The normalized spacial score (nSPS) is 24.2. The van der Waals surface area contributed by atoms with Crippen LogP contribution in [0.1, 0.15) is 38.5 Å². The summed E-state index contributed by atoms with van der Waals surface area (Å²) in [6, 6.07) is -0.558. The number of nitrogens with two attached hydrogens (primary N) is 1. The van der Waals surface area contributed by atoms with Crippen molar-refractivity contribution in [2.45, 2.75) is 56.4 Å². The molecule has 2 heterocycles. The van der Waals surface area contributed by atoms with Gasteiger partial charge in [-0.05, 0) is 38.8 Å². The Morgan fingerprint density at radius 3 is 1.46 bits per heavy atom. The van der Waals surface area contributed by atoms with Gasteiger partial charge in [-0.25, -0.2) is 0 Å². The molecule has 154 valence electrons. The summed E-state index contributed by atoms with van der Waals surface area (Å²) in [5, 5.41) is 30.8. The summed E-state index contributed by atoms with van der Waals surface area (Å²) in [6.07, 6.45) is 5.90. The summed E-state index contributed by atoms with van der Waals surface area (Å²) in [5.41, 5.74) is 4.74. The van der Waals surface area contributed by atoms with Crippen LogP contribution >= 0.6 is 7.60 Å². The van der Waals surface area contributed by atoms with Gasteiger partial charge >= 0.3 is 19.5 Å². The summed E-state index contributed by atoms with van der Waals surface area (Å²) >= 11 is 0. The Balaban J connectivity index is 0.000000362. The van der Waals surface area contributed by atoms with Crippen molar-refractivity contribution in [2.24, 2.45) is 5.73 Å². The van der Waals surface area contributed by atoms with Crippen LogP contribution < -0.4 is 16.4 Å². The molecule has 0 aliphatic carbocycles. The molecule has 0 spiro atoms. The van der Waals surface area contributed by atoms with Crippen LogP contribution in [0.3, 0.4) is 0 Å². The number of carboxylic acid groups (broad SMARTS) is 2. The van der Waals surface area contributed by atoms with Crippen molar-refractivity contribution in [1.29, 1.82) is 0 Å². The number of carbonyl (C=O) groups is 2. The average Bonchev–Trinajstić information content (AvgIpc) is 2.62. The molecule has 12 heteroatoms. The molecule has 2 aliphatic rings. The van der Waals surface area contributed by atoms with Gasteiger partial charge in [-0.2, -0.15) is 0 Å². The lowest BCUT2D eigenvalue weighted by molar-refractivity contribution is -0.141. The van der Waals surface area contributed by atoms with Gasteiger partial charge < -0.3 is 41.5 Å². The molecule has 0 aromatic heterocycles. The van der Waals surface area contributed by atoms with E-state index in [1.807, 2.05) is 0 Å². The van der Waals surface area contributed by atoms with Gasteiger partial charge in [0.05, 0.1) is 6.61 Å². The number of piperidine rings is 2. The monoisotopic (exact) mass is 399 g/mol. The number of carboxylic acids is 2. The van der Waals surface area contributed by atoms with E-state index in [4.69, 9.17) is 30.8 Å². The van der Waals surface area contributed by atoms with Crippen LogP contribution in [0.4, 0.5) is 0 Å². The van der Waals surface area contributed by atoms with E-state index in [1.165, 1.54) is 0 Å². The van der Waals surface area contributed by atoms with Crippen LogP contribution in [-0.2, 0) is 14.2 Å². The van der Waals surface area contributed by atoms with Crippen LogP contribution in [0.5, 0.6) is 0 Å². The van der Waals surface area contributed by atoms with Crippen LogP contribution in [0.2, 0.25) is 0 Å². The number of aliphatic hydroxyl groups is 1. The Bertz CT molecular complexity index is 433. The standard InChI is InChI=1S/2C6H11NO2.C2H8NO4P/c2*8-6(9)5-3-1-2-4-7-5;3-2(1-4)8(5,6)7/h2*5,7H,1-4H2,(H,8,9);2,4H,1,3H2,(H2,5,6,7). The van der Waals surface area contributed by atoms with E-state index >= 15 is 0 Å². The predicted octanol–water partition coefficient (Wildman–Crippen LogP) is -1.13. The van der Waals surface area contributed by atoms with Gasteiger partial charge in [-0.3, -0.25) is 14.2 Å². The van der Waals surface area contributed by atoms with E-state index < -0.39 is 31.9 Å². The van der Waals surface area contributed by atoms with E-state index in [0.29, 0.717) is 0 Å². The molecule has 3 unspecified atom stereocenters. The molecular formula is C14H30N3O8P. The number of hydrogen-bond donors (Lipinski definition) is 8. The third-order valence-corrected chi connectivity index (χ3v) is 4.86. The first-order valence-electron chi connectivity index (χ1n) is 8.43. The molecule has 3 atom stereocenters. The number of nitrogens with one attached hydrogen (secondary N) is 2. The highest BCUT2D eigenvalue weighted by molar-refractivity contribution is 7.52. The topological polar surface area (TPSA) is 202 Å². The lowest BCUT2D eigenvalue weighted by Crippen LogP contribution is -2.40. The third-order valence-electron chi connectivity index (χ3n) is 3.84. The van der Waals surface area contributed by atoms with E-state index in [-0.39, 0.29) is 12.1 Å². The summed E-state index contributed by atoms with van der Waals surface area (Å²) < 4.78 is 9.97. The Kier molecular flexibility index (Phi) is 12.6. The summed E-state index contributed by atoms with van der Waals surface area (Å²) in [7, 11) is -4.23. The van der Waals surface area contributed by atoms with Crippen LogP contribution in [0.25, 0.3) is 0 Å². The first kappa shape index (κ1) is 24.9. The third kappa shape index (κ3) is 11.5. The van der Waals surface area contributed by atoms with Gasteiger partial charge in [0.15, 0.2) is 0 Å². The highest BCUT2D eigenvalue weighted by Gasteiger charge is 2.22. The highest BCUT2D eigenvalue weighted by Crippen LogP contribution is 2.37. The second-order valence-corrected chi connectivity index (χ2v) is 7.86. The van der Waals surface area contributed by atoms with Gasteiger partial charge in [0, 0.05) is 0 Å². The number of rotatable bonds is 4. The van der Waals surface area contributed by atoms with Crippen molar-refractivity contribution < 1.29 is 39.3 Å². The van der Waals surface area contributed by atoms with E-state index in [1.54, 1.807) is 0 Å². The minimum atomic E-state index is -4.23. The molecule has 2 saturated heterocycles. The van der Waals surface area contributed by atoms with Gasteiger partial charge in [0.1, 0.15) is 17.9 Å². The molecule has 0 amide bonds. The molecule has 0 radical (unpaired) electrons. The molecule has 2 rings (SSSR count). The first-order valence-corrected chi connectivity index (χ1v) is 10.1. The lowest BCUT2D eigenvalue weighted by atomic mass is 10.1. The molecule has 9 N–H and O–H groups in total. The molecule has 26 heavy (non-hydrogen) atoms. The van der Waals surface area contributed by atoms with Crippen LogP contribution in [0, 0.1) is 0 Å². The Morgan fingerprint density at radius 2 is 1.35 bits per heavy atom. The van der Waals surface area contributed by atoms with E-state index in [2.05, 4.69) is 10.6 Å². The molecule has 0 saturated carbocycles. The number of hydrogen-bond acceptors (Lipinski definition) is 7. The highest BCUT2D eigenvalue weighted by atomic mass is 31.2. The van der Waals surface area contributed by atoms with Crippen molar-refractivity contribution in [1.82, 2.24) is 10.6 Å². The number of aliphatic hydroxyl groups excluding tert-OH is 1. The maximum atomic E-state index is 10.3. The van der Waals surface area contributed by atoms with Crippen molar-refractivity contribution in [2.75, 3.05) is 19.7 Å². The Labute approximate surface area is 152 Å². The molecular weight excluding hydrogens is 369 g/mol. The van der Waals surface area contributed by atoms with Gasteiger partial charge in [0.2, 0.25) is 0 Å². The molecule has 2 fully saturated rings. The van der Waals surface area contributed by atoms with E-state index in [9.17, 15) is 14.2 Å². The second kappa shape index (κ2) is 13.2. The second-order valence-electron chi connectivity index (χ2n) is 6.02. The zero-order valence-electron chi connectivity index (χ0n) is 14.6. The largest absolute Gasteiger partial charge is 0.480 e.